The van der Waals surface area contributed by atoms with Crippen molar-refractivity contribution in [2.24, 2.45) is 0 Å². The molecule has 1 aromatic heterocycles. The molecule has 2 unspecified atom stereocenters. The van der Waals surface area contributed by atoms with Gasteiger partial charge in [-0.15, -0.1) is 11.8 Å². The lowest BCUT2D eigenvalue weighted by Gasteiger charge is -2.23. The van der Waals surface area contributed by atoms with E-state index in [4.69, 9.17) is 0 Å². The van der Waals surface area contributed by atoms with Crippen LogP contribution < -0.4 is 5.32 Å². The SMILES string of the molecule is CNC(c1ccc(C)cc1)C(C)Sc1ccncn1. The van der Waals surface area contributed by atoms with Gasteiger partial charge in [0, 0.05) is 17.5 Å². The van der Waals surface area contributed by atoms with Crippen molar-refractivity contribution in [3.8, 4) is 0 Å². The molecular formula is C15H19N3S. The van der Waals surface area contributed by atoms with Gasteiger partial charge < -0.3 is 5.32 Å². The molecule has 2 aromatic rings. The second-order valence-corrected chi connectivity index (χ2v) is 5.95. The molecule has 0 fully saturated rings. The first-order chi connectivity index (χ1) is 9.20. The number of hydrogen-bond donors (Lipinski definition) is 1. The van der Waals surface area contributed by atoms with Crippen LogP contribution in [0.25, 0.3) is 0 Å². The number of rotatable bonds is 5. The highest BCUT2D eigenvalue weighted by atomic mass is 32.2. The van der Waals surface area contributed by atoms with E-state index in [0.29, 0.717) is 11.3 Å². The van der Waals surface area contributed by atoms with Crippen LogP contribution in [0.15, 0.2) is 47.9 Å². The summed E-state index contributed by atoms with van der Waals surface area (Å²) in [6, 6.07) is 10.9. The highest BCUT2D eigenvalue weighted by Crippen LogP contribution is 2.30. The summed E-state index contributed by atoms with van der Waals surface area (Å²) in [4.78, 5) is 8.21. The Morgan fingerprint density at radius 1 is 1.16 bits per heavy atom. The van der Waals surface area contributed by atoms with Crippen molar-refractivity contribution in [3.05, 3.63) is 54.0 Å². The van der Waals surface area contributed by atoms with E-state index in [1.165, 1.54) is 11.1 Å². The molecule has 19 heavy (non-hydrogen) atoms. The van der Waals surface area contributed by atoms with E-state index in [-0.39, 0.29) is 0 Å². The fourth-order valence-corrected chi connectivity index (χ4v) is 3.11. The number of nitrogens with zero attached hydrogens (tertiary/aromatic N) is 2. The summed E-state index contributed by atoms with van der Waals surface area (Å²) >= 11 is 1.76. The van der Waals surface area contributed by atoms with Gasteiger partial charge in [0.2, 0.25) is 0 Å². The van der Waals surface area contributed by atoms with Crippen molar-refractivity contribution in [2.45, 2.75) is 30.2 Å². The maximum atomic E-state index is 4.27. The molecule has 0 amide bonds. The van der Waals surface area contributed by atoms with E-state index < -0.39 is 0 Å². The Balaban J connectivity index is 2.11. The number of thioether (sulfide) groups is 1. The van der Waals surface area contributed by atoms with Gasteiger partial charge in [0.1, 0.15) is 6.33 Å². The zero-order valence-corrected chi connectivity index (χ0v) is 12.3. The fraction of sp³-hybridized carbons (Fsp3) is 0.333. The van der Waals surface area contributed by atoms with Crippen LogP contribution in [0.4, 0.5) is 0 Å². The molecule has 2 atom stereocenters. The summed E-state index contributed by atoms with van der Waals surface area (Å²) in [5.41, 5.74) is 2.59. The van der Waals surface area contributed by atoms with E-state index in [0.717, 1.165) is 5.03 Å². The summed E-state index contributed by atoms with van der Waals surface area (Å²) in [7, 11) is 2.00. The lowest BCUT2D eigenvalue weighted by Crippen LogP contribution is -2.25. The van der Waals surface area contributed by atoms with Gasteiger partial charge in [0.15, 0.2) is 0 Å². The molecule has 0 spiro atoms. The van der Waals surface area contributed by atoms with Crippen LogP contribution >= 0.6 is 11.8 Å². The average molecular weight is 273 g/mol. The molecule has 100 valence electrons. The normalized spacial score (nSPS) is 14.1. The topological polar surface area (TPSA) is 37.8 Å². The van der Waals surface area contributed by atoms with Gasteiger partial charge in [-0.05, 0) is 25.6 Å². The Hall–Kier alpha value is -1.39. The molecule has 1 aromatic carbocycles. The van der Waals surface area contributed by atoms with Crippen molar-refractivity contribution in [1.82, 2.24) is 15.3 Å². The molecule has 0 saturated heterocycles. The number of aromatic nitrogens is 2. The molecule has 1 N–H and O–H groups in total. The van der Waals surface area contributed by atoms with Crippen LogP contribution in [0.3, 0.4) is 0 Å². The van der Waals surface area contributed by atoms with Gasteiger partial charge in [-0.25, -0.2) is 9.97 Å². The molecule has 2 rings (SSSR count). The van der Waals surface area contributed by atoms with Crippen molar-refractivity contribution >= 4 is 11.8 Å². The van der Waals surface area contributed by atoms with Crippen molar-refractivity contribution in [3.63, 3.8) is 0 Å². The Labute approximate surface area is 118 Å². The zero-order valence-electron chi connectivity index (χ0n) is 11.5. The van der Waals surface area contributed by atoms with E-state index in [2.05, 4.69) is 53.4 Å². The van der Waals surface area contributed by atoms with Crippen LogP contribution in [0, 0.1) is 6.92 Å². The Morgan fingerprint density at radius 2 is 1.89 bits per heavy atom. The summed E-state index contributed by atoms with van der Waals surface area (Å²) < 4.78 is 0. The monoisotopic (exact) mass is 273 g/mol. The molecule has 1 heterocycles. The van der Waals surface area contributed by atoms with Crippen LogP contribution in [0.5, 0.6) is 0 Å². The summed E-state index contributed by atoms with van der Waals surface area (Å²) in [5, 5.41) is 4.79. The molecular weight excluding hydrogens is 254 g/mol. The molecule has 0 radical (unpaired) electrons. The molecule has 4 heteroatoms. The summed E-state index contributed by atoms with van der Waals surface area (Å²) in [6.07, 6.45) is 3.37. The third-order valence-corrected chi connectivity index (χ3v) is 4.21. The summed E-state index contributed by atoms with van der Waals surface area (Å²) in [5.74, 6) is 0. The van der Waals surface area contributed by atoms with Gasteiger partial charge in [0.05, 0.1) is 5.03 Å². The molecule has 0 aliphatic carbocycles. The van der Waals surface area contributed by atoms with E-state index in [9.17, 15) is 0 Å². The number of nitrogens with one attached hydrogen (secondary N) is 1. The van der Waals surface area contributed by atoms with Gasteiger partial charge in [-0.1, -0.05) is 36.8 Å². The maximum absolute atomic E-state index is 4.27. The van der Waals surface area contributed by atoms with Gasteiger partial charge in [0.25, 0.3) is 0 Å². The standard InChI is InChI=1S/C15H19N3S/c1-11-4-6-13(7-5-11)15(16-3)12(2)19-14-8-9-17-10-18-14/h4-10,12,15-16H,1-3H3. The van der Waals surface area contributed by atoms with Crippen LogP contribution in [0.1, 0.15) is 24.1 Å². The van der Waals surface area contributed by atoms with Crippen LogP contribution in [-0.2, 0) is 0 Å². The highest BCUT2D eigenvalue weighted by molar-refractivity contribution is 7.99. The average Bonchev–Trinajstić information content (AvgIpc) is 2.43. The minimum Gasteiger partial charge on any atom is -0.312 e. The first-order valence-corrected chi connectivity index (χ1v) is 7.25. The lowest BCUT2D eigenvalue weighted by molar-refractivity contribution is 0.588. The smallest absolute Gasteiger partial charge is 0.116 e. The van der Waals surface area contributed by atoms with Gasteiger partial charge in [-0.3, -0.25) is 0 Å². The third kappa shape index (κ3) is 3.78. The van der Waals surface area contributed by atoms with Gasteiger partial charge >= 0.3 is 0 Å². The quantitative estimate of drug-likeness (QED) is 0.670. The molecule has 0 saturated carbocycles. The van der Waals surface area contributed by atoms with Crippen molar-refractivity contribution in [1.29, 1.82) is 0 Å². The van der Waals surface area contributed by atoms with Crippen LogP contribution in [-0.4, -0.2) is 22.3 Å². The Morgan fingerprint density at radius 3 is 2.47 bits per heavy atom. The predicted octanol–water partition coefficient (Wildman–Crippen LogP) is 3.23. The molecule has 0 bridgehead atoms. The minimum atomic E-state index is 0.306. The molecule has 0 aliphatic heterocycles. The predicted molar refractivity (Wildman–Crippen MR) is 80.3 cm³/mol. The third-order valence-electron chi connectivity index (χ3n) is 3.08. The lowest BCUT2D eigenvalue weighted by atomic mass is 10.0. The van der Waals surface area contributed by atoms with E-state index in [1.54, 1.807) is 24.3 Å². The van der Waals surface area contributed by atoms with Crippen molar-refractivity contribution in [2.75, 3.05) is 7.05 Å². The molecule has 3 nitrogen and oxygen atoms in total. The largest absolute Gasteiger partial charge is 0.312 e. The number of benzene rings is 1. The Bertz CT molecular complexity index is 499. The van der Waals surface area contributed by atoms with Gasteiger partial charge in [-0.2, -0.15) is 0 Å². The highest BCUT2D eigenvalue weighted by Gasteiger charge is 2.18. The number of hydrogen-bond acceptors (Lipinski definition) is 4. The first-order valence-electron chi connectivity index (χ1n) is 6.37. The fourth-order valence-electron chi connectivity index (χ4n) is 2.05. The maximum Gasteiger partial charge on any atom is 0.116 e. The number of aryl methyl sites for hydroxylation is 1. The second kappa shape index (κ2) is 6.68. The minimum absolute atomic E-state index is 0.306. The van der Waals surface area contributed by atoms with E-state index in [1.807, 2.05) is 13.1 Å². The Kier molecular flexibility index (Phi) is 4.93. The zero-order chi connectivity index (χ0) is 13.7. The second-order valence-electron chi connectivity index (χ2n) is 4.55. The first kappa shape index (κ1) is 14.0. The van der Waals surface area contributed by atoms with E-state index >= 15 is 0 Å². The van der Waals surface area contributed by atoms with Crippen LogP contribution in [0.2, 0.25) is 0 Å². The molecule has 0 aliphatic rings. The summed E-state index contributed by atoms with van der Waals surface area (Å²) in [6.45, 7) is 4.32. The van der Waals surface area contributed by atoms with Crippen molar-refractivity contribution < 1.29 is 0 Å².